The van der Waals surface area contributed by atoms with Crippen molar-refractivity contribution in [3.05, 3.63) is 29.8 Å². The summed E-state index contributed by atoms with van der Waals surface area (Å²) >= 11 is 0. The Morgan fingerprint density at radius 2 is 2.06 bits per heavy atom. The third kappa shape index (κ3) is 1.79. The predicted molar refractivity (Wildman–Crippen MR) is 65.1 cm³/mol. The van der Waals surface area contributed by atoms with E-state index in [9.17, 15) is 4.79 Å². The van der Waals surface area contributed by atoms with Crippen LogP contribution in [0.1, 0.15) is 31.2 Å². The minimum absolute atomic E-state index is 0.185. The van der Waals surface area contributed by atoms with Crippen LogP contribution in [-0.2, 0) is 10.2 Å². The Labute approximate surface area is 101 Å². The maximum atomic E-state index is 12.3. The summed E-state index contributed by atoms with van der Waals surface area (Å²) in [6, 6.07) is 8.28. The first kappa shape index (κ1) is 10.6. The van der Waals surface area contributed by atoms with E-state index in [1.807, 2.05) is 24.3 Å². The first-order valence-corrected chi connectivity index (χ1v) is 6.21. The molecule has 2 fully saturated rings. The highest BCUT2D eigenvalue weighted by atomic mass is 16.5. The molecule has 0 heterocycles. The fourth-order valence-corrected chi connectivity index (χ4v) is 2.33. The Morgan fingerprint density at radius 1 is 1.35 bits per heavy atom. The van der Waals surface area contributed by atoms with Gasteiger partial charge in [0.1, 0.15) is 5.75 Å². The molecule has 3 heteroatoms. The molecule has 90 valence electrons. The number of rotatable bonds is 4. The van der Waals surface area contributed by atoms with Crippen LogP contribution in [0.25, 0.3) is 0 Å². The van der Waals surface area contributed by atoms with Crippen LogP contribution in [-0.4, -0.2) is 19.1 Å². The van der Waals surface area contributed by atoms with Gasteiger partial charge in [-0.1, -0.05) is 18.2 Å². The maximum Gasteiger partial charge on any atom is 0.231 e. The van der Waals surface area contributed by atoms with Crippen molar-refractivity contribution >= 4 is 5.91 Å². The van der Waals surface area contributed by atoms with Crippen LogP contribution in [0.5, 0.6) is 5.75 Å². The number of amides is 1. The fourth-order valence-electron chi connectivity index (χ4n) is 2.33. The Balaban J connectivity index is 1.88. The molecule has 17 heavy (non-hydrogen) atoms. The predicted octanol–water partition coefficient (Wildman–Crippen LogP) is 2.01. The molecule has 0 atom stereocenters. The summed E-state index contributed by atoms with van der Waals surface area (Å²) < 4.78 is 5.36. The van der Waals surface area contributed by atoms with E-state index in [4.69, 9.17) is 4.74 Å². The van der Waals surface area contributed by atoms with Crippen molar-refractivity contribution in [3.63, 3.8) is 0 Å². The van der Waals surface area contributed by atoms with Gasteiger partial charge in [0, 0.05) is 11.6 Å². The van der Waals surface area contributed by atoms with E-state index in [-0.39, 0.29) is 11.3 Å². The number of hydrogen-bond acceptors (Lipinski definition) is 2. The standard InChI is InChI=1S/C14H17NO2/c1-17-12-5-3-2-4-11(12)14(8-9-14)13(16)15-10-6-7-10/h2-5,10H,6-9H2,1H3,(H,15,16). The zero-order valence-electron chi connectivity index (χ0n) is 10.0. The average molecular weight is 231 g/mol. The lowest BCUT2D eigenvalue weighted by Gasteiger charge is -2.18. The number of hydrogen-bond donors (Lipinski definition) is 1. The average Bonchev–Trinajstić information content (AvgIpc) is 3.23. The van der Waals surface area contributed by atoms with E-state index in [1.165, 1.54) is 0 Å². The Hall–Kier alpha value is -1.51. The molecule has 3 rings (SSSR count). The molecule has 2 aliphatic carbocycles. The Morgan fingerprint density at radius 3 is 2.65 bits per heavy atom. The number of carbonyl (C=O) groups excluding carboxylic acids is 1. The van der Waals surface area contributed by atoms with Crippen LogP contribution in [0, 0.1) is 0 Å². The minimum atomic E-state index is -0.310. The van der Waals surface area contributed by atoms with Crippen molar-refractivity contribution in [2.75, 3.05) is 7.11 Å². The molecule has 0 bridgehead atoms. The summed E-state index contributed by atoms with van der Waals surface area (Å²) in [5.74, 6) is 1.01. The van der Waals surface area contributed by atoms with Crippen molar-refractivity contribution in [2.45, 2.75) is 37.1 Å². The van der Waals surface area contributed by atoms with Crippen LogP contribution in [0.15, 0.2) is 24.3 Å². The van der Waals surface area contributed by atoms with Crippen LogP contribution in [0.4, 0.5) is 0 Å². The van der Waals surface area contributed by atoms with Crippen molar-refractivity contribution in [3.8, 4) is 5.75 Å². The lowest BCUT2D eigenvalue weighted by Crippen LogP contribution is -2.36. The molecule has 2 saturated carbocycles. The van der Waals surface area contributed by atoms with Gasteiger partial charge in [0.05, 0.1) is 12.5 Å². The largest absolute Gasteiger partial charge is 0.496 e. The van der Waals surface area contributed by atoms with Crippen molar-refractivity contribution < 1.29 is 9.53 Å². The van der Waals surface area contributed by atoms with E-state index in [0.717, 1.165) is 37.0 Å². The molecular weight excluding hydrogens is 214 g/mol. The smallest absolute Gasteiger partial charge is 0.231 e. The van der Waals surface area contributed by atoms with Gasteiger partial charge in [-0.05, 0) is 31.7 Å². The van der Waals surface area contributed by atoms with Crippen LogP contribution in [0.2, 0.25) is 0 Å². The minimum Gasteiger partial charge on any atom is -0.496 e. The zero-order chi connectivity index (χ0) is 11.9. The van der Waals surface area contributed by atoms with Crippen LogP contribution < -0.4 is 10.1 Å². The van der Waals surface area contributed by atoms with Gasteiger partial charge < -0.3 is 10.1 Å². The van der Waals surface area contributed by atoms with Gasteiger partial charge in [-0.3, -0.25) is 4.79 Å². The number of methoxy groups -OCH3 is 1. The van der Waals surface area contributed by atoms with Crippen molar-refractivity contribution in [1.29, 1.82) is 0 Å². The Kier molecular flexibility index (Phi) is 2.35. The maximum absolute atomic E-state index is 12.3. The van der Waals surface area contributed by atoms with E-state index in [0.29, 0.717) is 6.04 Å². The molecule has 1 aromatic rings. The van der Waals surface area contributed by atoms with E-state index >= 15 is 0 Å². The van der Waals surface area contributed by atoms with Gasteiger partial charge in [0.25, 0.3) is 0 Å². The fraction of sp³-hybridized carbons (Fsp3) is 0.500. The van der Waals surface area contributed by atoms with Crippen molar-refractivity contribution in [2.24, 2.45) is 0 Å². The molecule has 0 aliphatic heterocycles. The topological polar surface area (TPSA) is 38.3 Å². The molecule has 0 aromatic heterocycles. The SMILES string of the molecule is COc1ccccc1C1(C(=O)NC2CC2)CC1. The first-order valence-electron chi connectivity index (χ1n) is 6.21. The summed E-state index contributed by atoms with van der Waals surface area (Å²) in [5, 5.41) is 3.11. The molecule has 1 aromatic carbocycles. The molecule has 0 unspecified atom stereocenters. The highest BCUT2D eigenvalue weighted by Crippen LogP contribution is 2.51. The van der Waals surface area contributed by atoms with E-state index < -0.39 is 0 Å². The number of ether oxygens (including phenoxy) is 1. The van der Waals surface area contributed by atoms with E-state index in [1.54, 1.807) is 7.11 Å². The normalized spacial score (nSPS) is 20.8. The summed E-state index contributed by atoms with van der Waals surface area (Å²) in [6.45, 7) is 0. The third-order valence-electron chi connectivity index (χ3n) is 3.72. The molecule has 1 amide bonds. The summed E-state index contributed by atoms with van der Waals surface area (Å²) in [4.78, 5) is 12.3. The first-order chi connectivity index (χ1) is 8.26. The number of para-hydroxylation sites is 1. The van der Waals surface area contributed by atoms with Gasteiger partial charge in [-0.25, -0.2) is 0 Å². The lowest BCUT2D eigenvalue weighted by molar-refractivity contribution is -0.123. The van der Waals surface area contributed by atoms with Crippen LogP contribution >= 0.6 is 0 Å². The molecule has 1 N–H and O–H groups in total. The molecule has 0 radical (unpaired) electrons. The summed E-state index contributed by atoms with van der Waals surface area (Å²) in [6.07, 6.45) is 4.14. The zero-order valence-corrected chi connectivity index (χ0v) is 10.0. The number of carbonyl (C=O) groups is 1. The second-order valence-corrected chi connectivity index (χ2v) is 5.03. The number of nitrogens with one attached hydrogen (secondary N) is 1. The highest BCUT2D eigenvalue weighted by Gasteiger charge is 2.53. The van der Waals surface area contributed by atoms with Gasteiger partial charge in [-0.15, -0.1) is 0 Å². The summed E-state index contributed by atoms with van der Waals surface area (Å²) in [5.41, 5.74) is 0.732. The lowest BCUT2D eigenvalue weighted by atomic mass is 9.94. The molecule has 0 spiro atoms. The van der Waals surface area contributed by atoms with Crippen molar-refractivity contribution in [1.82, 2.24) is 5.32 Å². The van der Waals surface area contributed by atoms with Crippen LogP contribution in [0.3, 0.4) is 0 Å². The molecule has 2 aliphatic rings. The molecule has 3 nitrogen and oxygen atoms in total. The van der Waals surface area contributed by atoms with Gasteiger partial charge >= 0.3 is 0 Å². The number of benzene rings is 1. The second-order valence-electron chi connectivity index (χ2n) is 5.03. The van der Waals surface area contributed by atoms with E-state index in [2.05, 4.69) is 5.32 Å². The molecular formula is C14H17NO2. The Bertz CT molecular complexity index is 447. The second kappa shape index (κ2) is 3.76. The molecule has 0 saturated heterocycles. The van der Waals surface area contributed by atoms with Gasteiger partial charge in [0.2, 0.25) is 5.91 Å². The van der Waals surface area contributed by atoms with Gasteiger partial charge in [0.15, 0.2) is 0 Å². The van der Waals surface area contributed by atoms with Gasteiger partial charge in [-0.2, -0.15) is 0 Å². The quantitative estimate of drug-likeness (QED) is 0.860. The summed E-state index contributed by atoms with van der Waals surface area (Å²) in [7, 11) is 1.66. The monoisotopic (exact) mass is 231 g/mol. The highest BCUT2D eigenvalue weighted by molar-refractivity contribution is 5.92. The third-order valence-corrected chi connectivity index (χ3v) is 3.72.